The smallest absolute Gasteiger partial charge is 0.320 e. The van der Waals surface area contributed by atoms with Crippen LogP contribution in [-0.2, 0) is 12.8 Å². The number of anilines is 1. The van der Waals surface area contributed by atoms with E-state index >= 15 is 0 Å². The molecule has 2 amide bonds. The van der Waals surface area contributed by atoms with E-state index in [0.717, 1.165) is 54.9 Å². The Morgan fingerprint density at radius 2 is 2.12 bits per heavy atom. The Hall–Kier alpha value is -2.89. The number of aryl methyl sites for hydroxylation is 3. The second kappa shape index (κ2) is 9.72. The molecule has 6 heteroatoms. The molecule has 1 aromatic carbocycles. The fraction of sp³-hybridized carbons (Fsp3) is 0.462. The maximum atomic E-state index is 14.2. The van der Waals surface area contributed by atoms with Crippen LogP contribution in [0.2, 0.25) is 0 Å². The van der Waals surface area contributed by atoms with Crippen LogP contribution in [0, 0.1) is 12.7 Å². The van der Waals surface area contributed by atoms with Crippen molar-refractivity contribution in [1.82, 2.24) is 14.8 Å². The van der Waals surface area contributed by atoms with Crippen LogP contribution in [-0.4, -0.2) is 47.0 Å². The number of hydrogen-bond donors (Lipinski definition) is 1. The number of urea groups is 1. The third kappa shape index (κ3) is 4.95. The van der Waals surface area contributed by atoms with Gasteiger partial charge in [-0.1, -0.05) is 23.8 Å². The summed E-state index contributed by atoms with van der Waals surface area (Å²) in [5.74, 6) is 0.787. The Kier molecular flexibility index (Phi) is 6.77. The van der Waals surface area contributed by atoms with Crippen molar-refractivity contribution >= 4 is 11.8 Å². The van der Waals surface area contributed by atoms with Gasteiger partial charge in [0, 0.05) is 31.9 Å². The van der Waals surface area contributed by atoms with E-state index in [9.17, 15) is 9.18 Å². The molecule has 0 spiro atoms. The summed E-state index contributed by atoms with van der Waals surface area (Å²) in [7, 11) is 0. The molecule has 0 unspecified atom stereocenters. The number of aromatic nitrogens is 1. The van der Waals surface area contributed by atoms with Crippen molar-refractivity contribution in [2.45, 2.75) is 52.0 Å². The van der Waals surface area contributed by atoms with E-state index in [-0.39, 0.29) is 17.9 Å². The summed E-state index contributed by atoms with van der Waals surface area (Å²) < 4.78 is 14.2. The lowest BCUT2D eigenvalue weighted by Gasteiger charge is -2.29. The number of halogens is 1. The molecule has 5 nitrogen and oxygen atoms in total. The highest BCUT2D eigenvalue weighted by molar-refractivity contribution is 5.77. The molecular weight excluding hydrogens is 403 g/mol. The number of nitrogens with one attached hydrogen (secondary N) is 1. The first-order valence-electron chi connectivity index (χ1n) is 11.6. The van der Waals surface area contributed by atoms with Gasteiger partial charge >= 0.3 is 6.03 Å². The lowest BCUT2D eigenvalue weighted by atomic mass is 9.97. The average Bonchev–Trinajstić information content (AvgIpc) is 3.14. The number of fused-ring (bicyclic) bond motifs is 1. The number of benzene rings is 1. The number of carbonyl (C=O) groups excluding carboxylic acids is 1. The van der Waals surface area contributed by atoms with Crippen molar-refractivity contribution in [1.29, 1.82) is 0 Å². The van der Waals surface area contributed by atoms with Crippen LogP contribution in [0.15, 0.2) is 42.5 Å². The Morgan fingerprint density at radius 1 is 1.28 bits per heavy atom. The summed E-state index contributed by atoms with van der Waals surface area (Å²) in [4.78, 5) is 21.7. The lowest BCUT2D eigenvalue weighted by Crippen LogP contribution is -2.35. The van der Waals surface area contributed by atoms with Crippen LogP contribution in [0.25, 0.3) is 0 Å². The molecule has 170 valence electrons. The average molecular weight is 437 g/mol. The predicted molar refractivity (Wildman–Crippen MR) is 126 cm³/mol. The van der Waals surface area contributed by atoms with Gasteiger partial charge in [0.15, 0.2) is 0 Å². The van der Waals surface area contributed by atoms with E-state index in [4.69, 9.17) is 4.98 Å². The van der Waals surface area contributed by atoms with Gasteiger partial charge in [-0.05, 0) is 74.8 Å². The summed E-state index contributed by atoms with van der Waals surface area (Å²) in [5, 5.41) is 3.38. The van der Waals surface area contributed by atoms with Gasteiger partial charge in [0.05, 0.1) is 6.04 Å². The molecular formula is C26H33FN4O. The Labute approximate surface area is 190 Å². The molecule has 1 fully saturated rings. The van der Waals surface area contributed by atoms with Crippen molar-refractivity contribution < 1.29 is 9.18 Å². The molecule has 1 atom stereocenters. The SMILES string of the molecule is C=C(C)C[C@@H](c1ccc(C)c(F)c1)N1CCN(CCCc2ccc3c(n2)NCCC3)C1=O. The summed E-state index contributed by atoms with van der Waals surface area (Å²) in [6.45, 7) is 10.8. The fourth-order valence-corrected chi connectivity index (χ4v) is 4.61. The van der Waals surface area contributed by atoms with Gasteiger partial charge in [-0.15, -0.1) is 6.58 Å². The van der Waals surface area contributed by atoms with Gasteiger partial charge < -0.3 is 15.1 Å². The van der Waals surface area contributed by atoms with E-state index in [1.165, 1.54) is 5.56 Å². The third-order valence-corrected chi connectivity index (χ3v) is 6.44. The van der Waals surface area contributed by atoms with E-state index in [1.807, 2.05) is 22.8 Å². The summed E-state index contributed by atoms with van der Waals surface area (Å²) >= 11 is 0. The van der Waals surface area contributed by atoms with E-state index in [2.05, 4.69) is 24.0 Å². The van der Waals surface area contributed by atoms with Gasteiger partial charge in [0.1, 0.15) is 11.6 Å². The zero-order valence-electron chi connectivity index (χ0n) is 19.2. The molecule has 0 radical (unpaired) electrons. The predicted octanol–water partition coefficient (Wildman–Crippen LogP) is 5.26. The van der Waals surface area contributed by atoms with Gasteiger partial charge in [-0.25, -0.2) is 14.2 Å². The quantitative estimate of drug-likeness (QED) is 0.574. The van der Waals surface area contributed by atoms with Crippen molar-refractivity contribution in [2.75, 3.05) is 31.5 Å². The molecule has 0 aliphatic carbocycles. The molecule has 32 heavy (non-hydrogen) atoms. The van der Waals surface area contributed by atoms with Crippen molar-refractivity contribution in [3.8, 4) is 0 Å². The maximum absolute atomic E-state index is 14.2. The number of nitrogens with zero attached hydrogens (tertiary/aromatic N) is 3. The van der Waals surface area contributed by atoms with Gasteiger partial charge in [-0.2, -0.15) is 0 Å². The fourth-order valence-electron chi connectivity index (χ4n) is 4.61. The monoisotopic (exact) mass is 436 g/mol. The second-order valence-electron chi connectivity index (χ2n) is 9.09. The third-order valence-electron chi connectivity index (χ3n) is 6.44. The van der Waals surface area contributed by atoms with Crippen LogP contribution < -0.4 is 5.32 Å². The van der Waals surface area contributed by atoms with Crippen molar-refractivity contribution in [2.24, 2.45) is 0 Å². The van der Waals surface area contributed by atoms with Crippen LogP contribution in [0.1, 0.15) is 54.6 Å². The van der Waals surface area contributed by atoms with Gasteiger partial charge in [-0.3, -0.25) is 0 Å². The lowest BCUT2D eigenvalue weighted by molar-refractivity contribution is 0.176. The molecule has 1 aromatic heterocycles. The normalized spacial score (nSPS) is 16.7. The highest BCUT2D eigenvalue weighted by Gasteiger charge is 2.34. The summed E-state index contributed by atoms with van der Waals surface area (Å²) in [6, 6.07) is 9.40. The minimum Gasteiger partial charge on any atom is -0.370 e. The Bertz CT molecular complexity index is 1010. The first-order chi connectivity index (χ1) is 15.4. The van der Waals surface area contributed by atoms with Crippen molar-refractivity contribution in [3.63, 3.8) is 0 Å². The number of amides is 2. The summed E-state index contributed by atoms with van der Waals surface area (Å²) in [5.41, 5.74) is 4.79. The van der Waals surface area contributed by atoms with Crippen LogP contribution in [0.4, 0.5) is 15.0 Å². The zero-order valence-corrected chi connectivity index (χ0v) is 19.2. The molecule has 2 aromatic rings. The largest absolute Gasteiger partial charge is 0.370 e. The highest BCUT2D eigenvalue weighted by atomic mass is 19.1. The molecule has 2 aliphatic rings. The molecule has 0 bridgehead atoms. The summed E-state index contributed by atoms with van der Waals surface area (Å²) in [6.07, 6.45) is 4.59. The number of carbonyl (C=O) groups is 1. The standard InChI is InChI=1S/C26H33FN4O/c1-18(2)16-24(21-9-8-19(3)23(27)17-21)31-15-14-30(26(31)32)13-5-7-22-11-10-20-6-4-12-28-25(20)29-22/h8-11,17,24H,1,4-7,12-16H2,2-3H3,(H,28,29)/t24-/m0/s1. The molecule has 1 N–H and O–H groups in total. The number of rotatable bonds is 8. The highest BCUT2D eigenvalue weighted by Crippen LogP contribution is 2.31. The first-order valence-corrected chi connectivity index (χ1v) is 11.6. The molecule has 0 saturated carbocycles. The molecule has 1 saturated heterocycles. The first kappa shape index (κ1) is 22.3. The zero-order chi connectivity index (χ0) is 22.7. The van der Waals surface area contributed by atoms with Crippen LogP contribution in [0.5, 0.6) is 0 Å². The topological polar surface area (TPSA) is 48.5 Å². The van der Waals surface area contributed by atoms with E-state index in [0.29, 0.717) is 31.6 Å². The van der Waals surface area contributed by atoms with Gasteiger partial charge in [0.2, 0.25) is 0 Å². The molecule has 3 heterocycles. The molecule has 2 aliphatic heterocycles. The van der Waals surface area contributed by atoms with Crippen molar-refractivity contribution in [3.05, 3.63) is 70.7 Å². The van der Waals surface area contributed by atoms with E-state index < -0.39 is 0 Å². The second-order valence-corrected chi connectivity index (χ2v) is 9.09. The maximum Gasteiger partial charge on any atom is 0.320 e. The minimum atomic E-state index is -0.232. The molecule has 4 rings (SSSR count). The van der Waals surface area contributed by atoms with Crippen LogP contribution in [0.3, 0.4) is 0 Å². The van der Waals surface area contributed by atoms with Crippen LogP contribution >= 0.6 is 0 Å². The Morgan fingerprint density at radius 3 is 2.91 bits per heavy atom. The Balaban J connectivity index is 1.38. The number of pyridine rings is 1. The van der Waals surface area contributed by atoms with Gasteiger partial charge in [0.25, 0.3) is 0 Å². The minimum absolute atomic E-state index is 0.0253. The number of hydrogen-bond acceptors (Lipinski definition) is 3. The van der Waals surface area contributed by atoms with E-state index in [1.54, 1.807) is 19.1 Å².